The lowest BCUT2D eigenvalue weighted by atomic mass is 9.82. The van der Waals surface area contributed by atoms with Gasteiger partial charge in [0.05, 0.1) is 11.1 Å². The maximum absolute atomic E-state index is 12.2. The lowest BCUT2D eigenvalue weighted by Gasteiger charge is -2.23. The van der Waals surface area contributed by atoms with Gasteiger partial charge in [-0.15, -0.1) is 11.8 Å². The van der Waals surface area contributed by atoms with Crippen LogP contribution in [0.4, 0.5) is 5.69 Å². The van der Waals surface area contributed by atoms with E-state index in [1.165, 1.54) is 0 Å². The molecule has 1 fully saturated rings. The molecule has 1 aliphatic carbocycles. The Bertz CT molecular complexity index is 510. The zero-order valence-corrected chi connectivity index (χ0v) is 12.3. The molecule has 0 atom stereocenters. The molecular weight excluding hydrogens is 274 g/mol. The van der Waals surface area contributed by atoms with Crippen molar-refractivity contribution >= 4 is 29.3 Å². The highest BCUT2D eigenvalue weighted by Gasteiger charge is 2.42. The van der Waals surface area contributed by atoms with Crippen molar-refractivity contribution in [3.63, 3.8) is 0 Å². The van der Waals surface area contributed by atoms with Crippen molar-refractivity contribution in [1.82, 2.24) is 0 Å². The standard InChI is InChI=1S/C15H19NO3S/c1-20-12-7-3-2-6-11(12)16-13(17)10-15(14(18)19)8-4-5-9-15/h2-3,6-7H,4-5,8-10H2,1H3,(H,16,17)(H,18,19). The Balaban J connectivity index is 2.07. The zero-order chi connectivity index (χ0) is 14.6. The predicted octanol–water partition coefficient (Wildman–Crippen LogP) is 3.38. The first-order valence-corrected chi connectivity index (χ1v) is 7.96. The molecule has 1 aromatic carbocycles. The highest BCUT2D eigenvalue weighted by atomic mass is 32.2. The number of nitrogens with one attached hydrogen (secondary N) is 1. The van der Waals surface area contributed by atoms with E-state index in [0.717, 1.165) is 23.4 Å². The second-order valence-corrected chi connectivity index (χ2v) is 6.07. The average molecular weight is 293 g/mol. The summed E-state index contributed by atoms with van der Waals surface area (Å²) >= 11 is 1.55. The molecule has 108 valence electrons. The van der Waals surface area contributed by atoms with Crippen LogP contribution in [-0.4, -0.2) is 23.2 Å². The van der Waals surface area contributed by atoms with Crippen molar-refractivity contribution < 1.29 is 14.7 Å². The number of hydrogen-bond acceptors (Lipinski definition) is 3. The van der Waals surface area contributed by atoms with Gasteiger partial charge in [-0.05, 0) is 31.2 Å². The molecule has 0 aliphatic heterocycles. The van der Waals surface area contributed by atoms with Crippen molar-refractivity contribution in [2.75, 3.05) is 11.6 Å². The molecule has 1 aromatic rings. The topological polar surface area (TPSA) is 66.4 Å². The van der Waals surface area contributed by atoms with Gasteiger partial charge in [0.25, 0.3) is 0 Å². The number of amides is 1. The van der Waals surface area contributed by atoms with Gasteiger partial charge < -0.3 is 10.4 Å². The number of thioether (sulfide) groups is 1. The maximum atomic E-state index is 12.2. The molecular formula is C15H19NO3S. The molecule has 0 saturated heterocycles. The number of benzene rings is 1. The number of carboxylic acids is 1. The van der Waals surface area contributed by atoms with E-state index in [1.807, 2.05) is 30.5 Å². The van der Waals surface area contributed by atoms with Gasteiger partial charge in [-0.1, -0.05) is 25.0 Å². The Hall–Kier alpha value is -1.49. The van der Waals surface area contributed by atoms with Crippen LogP contribution >= 0.6 is 11.8 Å². The summed E-state index contributed by atoms with van der Waals surface area (Å²) in [6, 6.07) is 7.55. The van der Waals surface area contributed by atoms with E-state index >= 15 is 0 Å². The molecule has 0 heterocycles. The molecule has 5 heteroatoms. The lowest BCUT2D eigenvalue weighted by molar-refractivity contribution is -0.150. The van der Waals surface area contributed by atoms with Gasteiger partial charge in [-0.25, -0.2) is 0 Å². The van der Waals surface area contributed by atoms with Crippen LogP contribution in [0, 0.1) is 5.41 Å². The maximum Gasteiger partial charge on any atom is 0.310 e. The molecule has 0 aromatic heterocycles. The third-order valence-electron chi connectivity index (χ3n) is 3.89. The molecule has 1 amide bonds. The van der Waals surface area contributed by atoms with Crippen molar-refractivity contribution in [1.29, 1.82) is 0 Å². The summed E-state index contributed by atoms with van der Waals surface area (Å²) in [6.45, 7) is 0. The summed E-state index contributed by atoms with van der Waals surface area (Å²) in [5.41, 5.74) is -0.109. The minimum absolute atomic E-state index is 0.0606. The van der Waals surface area contributed by atoms with Gasteiger partial charge in [0.15, 0.2) is 0 Å². The normalized spacial score (nSPS) is 16.9. The van der Waals surface area contributed by atoms with Gasteiger partial charge in [0.1, 0.15) is 0 Å². The van der Waals surface area contributed by atoms with E-state index in [9.17, 15) is 14.7 Å². The summed E-state index contributed by atoms with van der Waals surface area (Å²) in [7, 11) is 0. The molecule has 20 heavy (non-hydrogen) atoms. The van der Waals surface area contributed by atoms with Gasteiger partial charge in [-0.2, -0.15) is 0 Å². The summed E-state index contributed by atoms with van der Waals surface area (Å²) < 4.78 is 0. The Labute approximate surface area is 123 Å². The van der Waals surface area contributed by atoms with Crippen molar-refractivity contribution in [2.24, 2.45) is 5.41 Å². The monoisotopic (exact) mass is 293 g/mol. The highest BCUT2D eigenvalue weighted by molar-refractivity contribution is 7.98. The summed E-state index contributed by atoms with van der Waals surface area (Å²) in [5.74, 6) is -1.06. The number of hydrogen-bond donors (Lipinski definition) is 2. The fraction of sp³-hybridized carbons (Fsp3) is 0.467. The number of para-hydroxylation sites is 1. The Kier molecular flexibility index (Phi) is 4.70. The van der Waals surface area contributed by atoms with Gasteiger partial charge in [0.2, 0.25) is 5.91 Å². The van der Waals surface area contributed by atoms with E-state index < -0.39 is 11.4 Å². The smallest absolute Gasteiger partial charge is 0.310 e. The molecule has 0 bridgehead atoms. The molecule has 0 spiro atoms. The number of carboxylic acid groups (broad SMARTS) is 1. The molecule has 0 radical (unpaired) electrons. The molecule has 2 rings (SSSR count). The minimum atomic E-state index is -0.863. The number of carbonyl (C=O) groups is 2. The van der Waals surface area contributed by atoms with Crippen LogP contribution in [0.25, 0.3) is 0 Å². The van der Waals surface area contributed by atoms with E-state index in [1.54, 1.807) is 11.8 Å². The third-order valence-corrected chi connectivity index (χ3v) is 4.69. The van der Waals surface area contributed by atoms with Crippen molar-refractivity contribution in [2.45, 2.75) is 37.0 Å². The first-order valence-electron chi connectivity index (χ1n) is 6.74. The van der Waals surface area contributed by atoms with Gasteiger partial charge in [-0.3, -0.25) is 9.59 Å². The molecule has 1 aliphatic rings. The molecule has 1 saturated carbocycles. The predicted molar refractivity (Wildman–Crippen MR) is 80.0 cm³/mol. The lowest BCUT2D eigenvalue weighted by Crippen LogP contribution is -2.32. The first-order chi connectivity index (χ1) is 9.57. The van der Waals surface area contributed by atoms with E-state index in [2.05, 4.69) is 5.32 Å². The summed E-state index contributed by atoms with van der Waals surface area (Å²) in [5, 5.41) is 12.2. The summed E-state index contributed by atoms with van der Waals surface area (Å²) in [4.78, 5) is 24.6. The zero-order valence-electron chi connectivity index (χ0n) is 11.5. The van der Waals surface area contributed by atoms with Crippen LogP contribution in [0.1, 0.15) is 32.1 Å². The second kappa shape index (κ2) is 6.31. The fourth-order valence-corrected chi connectivity index (χ4v) is 3.32. The van der Waals surface area contributed by atoms with Crippen molar-refractivity contribution in [3.05, 3.63) is 24.3 Å². The Morgan fingerprint density at radius 3 is 2.55 bits per heavy atom. The summed E-state index contributed by atoms with van der Waals surface area (Å²) in [6.07, 6.45) is 4.98. The number of anilines is 1. The molecule has 2 N–H and O–H groups in total. The largest absolute Gasteiger partial charge is 0.481 e. The van der Waals surface area contributed by atoms with E-state index in [-0.39, 0.29) is 12.3 Å². The van der Waals surface area contributed by atoms with Crippen LogP contribution in [0.15, 0.2) is 29.2 Å². The number of aliphatic carboxylic acids is 1. The number of rotatable bonds is 5. The quantitative estimate of drug-likeness (QED) is 0.817. The Morgan fingerprint density at radius 2 is 1.95 bits per heavy atom. The molecule has 0 unspecified atom stereocenters. The average Bonchev–Trinajstić information content (AvgIpc) is 2.89. The minimum Gasteiger partial charge on any atom is -0.481 e. The van der Waals surface area contributed by atoms with Crippen LogP contribution in [0.2, 0.25) is 0 Å². The van der Waals surface area contributed by atoms with E-state index in [0.29, 0.717) is 12.8 Å². The van der Waals surface area contributed by atoms with Crippen LogP contribution < -0.4 is 5.32 Å². The first kappa shape index (κ1) is 14.9. The van der Waals surface area contributed by atoms with E-state index in [4.69, 9.17) is 0 Å². The van der Waals surface area contributed by atoms with Crippen LogP contribution in [0.3, 0.4) is 0 Å². The SMILES string of the molecule is CSc1ccccc1NC(=O)CC1(C(=O)O)CCCC1. The van der Waals surface area contributed by atoms with Gasteiger partial charge in [0, 0.05) is 11.3 Å². The second-order valence-electron chi connectivity index (χ2n) is 5.22. The Morgan fingerprint density at radius 1 is 1.30 bits per heavy atom. The third kappa shape index (κ3) is 3.15. The highest BCUT2D eigenvalue weighted by Crippen LogP contribution is 2.41. The molecule has 4 nitrogen and oxygen atoms in total. The van der Waals surface area contributed by atoms with Crippen LogP contribution in [0.5, 0.6) is 0 Å². The fourth-order valence-electron chi connectivity index (χ4n) is 2.77. The number of carbonyl (C=O) groups excluding carboxylic acids is 1. The van der Waals surface area contributed by atoms with Gasteiger partial charge >= 0.3 is 5.97 Å². The van der Waals surface area contributed by atoms with Crippen molar-refractivity contribution in [3.8, 4) is 0 Å². The van der Waals surface area contributed by atoms with Crippen LogP contribution in [-0.2, 0) is 9.59 Å².